The summed E-state index contributed by atoms with van der Waals surface area (Å²) in [6, 6.07) is 7.68. The molecule has 8 nitrogen and oxygen atoms in total. The third-order valence-corrected chi connectivity index (χ3v) is 5.23. The first kappa shape index (κ1) is 19.6. The van der Waals surface area contributed by atoms with Gasteiger partial charge in [-0.2, -0.15) is 0 Å². The van der Waals surface area contributed by atoms with Gasteiger partial charge < -0.3 is 20.4 Å². The second-order valence-electron chi connectivity index (χ2n) is 7.85. The van der Waals surface area contributed by atoms with Gasteiger partial charge in [0, 0.05) is 32.7 Å². The van der Waals surface area contributed by atoms with Crippen LogP contribution in [0, 0.1) is 5.92 Å². The Balaban J connectivity index is 1.75. The van der Waals surface area contributed by atoms with Crippen LogP contribution in [0.25, 0.3) is 22.2 Å². The first-order valence-electron chi connectivity index (χ1n) is 10.2. The van der Waals surface area contributed by atoms with Crippen molar-refractivity contribution in [3.8, 4) is 0 Å². The maximum atomic E-state index is 12.9. The zero-order chi connectivity index (χ0) is 20.4. The number of nitrogens with one attached hydrogen (secondary N) is 1. The monoisotopic (exact) mass is 396 g/mol. The van der Waals surface area contributed by atoms with E-state index in [1.165, 1.54) is 0 Å². The number of nitrogens with zero attached hydrogens (tertiary/aromatic N) is 4. The molecule has 0 spiro atoms. The Hall–Kier alpha value is -2.71. The molecule has 0 atom stereocenters. The number of morpholine rings is 1. The molecule has 1 fully saturated rings. The summed E-state index contributed by atoms with van der Waals surface area (Å²) in [6.45, 7) is 9.45. The zero-order valence-corrected chi connectivity index (χ0v) is 17.0. The molecule has 3 heterocycles. The average molecular weight is 396 g/mol. The molecule has 29 heavy (non-hydrogen) atoms. The standard InChI is InChI=1S/C21H28N6O2/c1-14(2)13-23-21(28)17-18-20(25-16-6-4-3-5-15(16)24-18)27(19(17)22)8-7-26-9-11-29-12-10-26/h3-6,14H,7-13,22H2,1-2H3,(H,23,28). The SMILES string of the molecule is CC(C)CNC(=O)c1c(N)n(CCN2CCOCC2)c2nc3ccccc3nc12. The van der Waals surface area contributed by atoms with Crippen molar-refractivity contribution in [2.24, 2.45) is 5.92 Å². The molecular weight excluding hydrogens is 368 g/mol. The molecule has 1 aliphatic rings. The van der Waals surface area contributed by atoms with Gasteiger partial charge in [0.1, 0.15) is 16.9 Å². The predicted molar refractivity (Wildman–Crippen MR) is 114 cm³/mol. The van der Waals surface area contributed by atoms with E-state index in [2.05, 4.69) is 24.1 Å². The number of nitrogens with two attached hydrogens (primary N) is 1. The number of hydrogen-bond acceptors (Lipinski definition) is 6. The molecule has 1 aromatic carbocycles. The predicted octanol–water partition coefficient (Wildman–Crippen LogP) is 1.88. The number of ether oxygens (including phenoxy) is 1. The van der Waals surface area contributed by atoms with Gasteiger partial charge in [0.25, 0.3) is 5.91 Å². The van der Waals surface area contributed by atoms with Gasteiger partial charge in [0.05, 0.1) is 24.2 Å². The van der Waals surface area contributed by atoms with E-state index in [-0.39, 0.29) is 5.91 Å². The minimum absolute atomic E-state index is 0.198. The molecule has 0 unspecified atom stereocenters. The highest BCUT2D eigenvalue weighted by Gasteiger charge is 2.24. The summed E-state index contributed by atoms with van der Waals surface area (Å²) in [4.78, 5) is 24.8. The van der Waals surface area contributed by atoms with E-state index in [4.69, 9.17) is 20.4 Å². The smallest absolute Gasteiger partial charge is 0.257 e. The Bertz CT molecular complexity index is 1020. The molecule has 1 aliphatic heterocycles. The number of rotatable bonds is 6. The van der Waals surface area contributed by atoms with Crippen LogP contribution in [0.2, 0.25) is 0 Å². The van der Waals surface area contributed by atoms with Gasteiger partial charge in [0.2, 0.25) is 0 Å². The van der Waals surface area contributed by atoms with Crippen LogP contribution < -0.4 is 11.1 Å². The zero-order valence-electron chi connectivity index (χ0n) is 17.0. The summed E-state index contributed by atoms with van der Waals surface area (Å²) in [7, 11) is 0. The number of anilines is 1. The first-order valence-corrected chi connectivity index (χ1v) is 10.2. The number of nitrogen functional groups attached to an aromatic ring is 1. The van der Waals surface area contributed by atoms with Gasteiger partial charge in [-0.05, 0) is 18.1 Å². The Morgan fingerprint density at radius 2 is 1.86 bits per heavy atom. The number of carbonyl (C=O) groups excluding carboxylic acids is 1. The van der Waals surface area contributed by atoms with E-state index in [0.29, 0.717) is 41.6 Å². The number of carbonyl (C=O) groups is 1. The lowest BCUT2D eigenvalue weighted by Crippen LogP contribution is -2.38. The van der Waals surface area contributed by atoms with Crippen molar-refractivity contribution in [2.75, 3.05) is 45.1 Å². The maximum Gasteiger partial charge on any atom is 0.257 e. The van der Waals surface area contributed by atoms with Crippen molar-refractivity contribution < 1.29 is 9.53 Å². The molecule has 1 saturated heterocycles. The highest BCUT2D eigenvalue weighted by molar-refractivity contribution is 6.10. The number of hydrogen-bond donors (Lipinski definition) is 2. The number of aromatic nitrogens is 3. The van der Waals surface area contributed by atoms with Crippen LogP contribution in [0.15, 0.2) is 24.3 Å². The molecule has 154 valence electrons. The van der Waals surface area contributed by atoms with Gasteiger partial charge in [-0.25, -0.2) is 9.97 Å². The van der Waals surface area contributed by atoms with Crippen LogP contribution in [0.1, 0.15) is 24.2 Å². The fourth-order valence-electron chi connectivity index (χ4n) is 3.62. The Kier molecular flexibility index (Phi) is 5.64. The lowest BCUT2D eigenvalue weighted by Gasteiger charge is -2.26. The molecule has 0 aliphatic carbocycles. The van der Waals surface area contributed by atoms with Crippen LogP contribution in [0.3, 0.4) is 0 Å². The topological polar surface area (TPSA) is 98.3 Å². The molecule has 8 heteroatoms. The van der Waals surface area contributed by atoms with Crippen molar-refractivity contribution in [1.29, 1.82) is 0 Å². The van der Waals surface area contributed by atoms with Crippen molar-refractivity contribution in [2.45, 2.75) is 20.4 Å². The molecule has 0 bridgehead atoms. The Labute approximate surface area is 170 Å². The summed E-state index contributed by atoms with van der Waals surface area (Å²) >= 11 is 0. The average Bonchev–Trinajstić information content (AvgIpc) is 2.99. The quantitative estimate of drug-likeness (QED) is 0.660. The summed E-state index contributed by atoms with van der Waals surface area (Å²) < 4.78 is 7.35. The number of fused-ring (bicyclic) bond motifs is 2. The number of benzene rings is 1. The molecule has 0 saturated carbocycles. The summed E-state index contributed by atoms with van der Waals surface area (Å²) in [5.41, 5.74) is 9.66. The molecule has 1 amide bonds. The second kappa shape index (κ2) is 8.34. The summed E-state index contributed by atoms with van der Waals surface area (Å²) in [5.74, 6) is 0.572. The molecule has 0 radical (unpaired) electrons. The summed E-state index contributed by atoms with van der Waals surface area (Å²) in [5, 5.41) is 2.97. The highest BCUT2D eigenvalue weighted by Crippen LogP contribution is 2.28. The van der Waals surface area contributed by atoms with Crippen LogP contribution in [-0.4, -0.2) is 64.7 Å². The lowest BCUT2D eigenvalue weighted by atomic mass is 10.2. The van der Waals surface area contributed by atoms with Gasteiger partial charge in [-0.1, -0.05) is 26.0 Å². The largest absolute Gasteiger partial charge is 0.384 e. The van der Waals surface area contributed by atoms with Gasteiger partial charge in [-0.3, -0.25) is 9.69 Å². The van der Waals surface area contributed by atoms with Crippen molar-refractivity contribution in [1.82, 2.24) is 24.8 Å². The van der Waals surface area contributed by atoms with E-state index in [0.717, 1.165) is 43.9 Å². The third-order valence-electron chi connectivity index (χ3n) is 5.23. The Morgan fingerprint density at radius 3 is 2.55 bits per heavy atom. The van der Waals surface area contributed by atoms with Crippen molar-refractivity contribution in [3.05, 3.63) is 29.8 Å². The van der Waals surface area contributed by atoms with E-state index in [1.807, 2.05) is 28.8 Å². The normalized spacial score (nSPS) is 15.4. The van der Waals surface area contributed by atoms with Crippen LogP contribution in [0.4, 0.5) is 5.82 Å². The fourth-order valence-corrected chi connectivity index (χ4v) is 3.62. The minimum atomic E-state index is -0.198. The molecular formula is C21H28N6O2. The van der Waals surface area contributed by atoms with E-state index in [1.54, 1.807) is 0 Å². The first-order chi connectivity index (χ1) is 14.0. The van der Waals surface area contributed by atoms with E-state index in [9.17, 15) is 4.79 Å². The van der Waals surface area contributed by atoms with Gasteiger partial charge >= 0.3 is 0 Å². The number of para-hydroxylation sites is 2. The molecule has 3 aromatic rings. The highest BCUT2D eigenvalue weighted by atomic mass is 16.5. The molecule has 4 rings (SSSR count). The summed E-state index contributed by atoms with van der Waals surface area (Å²) in [6.07, 6.45) is 0. The van der Waals surface area contributed by atoms with Crippen LogP contribution >= 0.6 is 0 Å². The van der Waals surface area contributed by atoms with Crippen LogP contribution in [0.5, 0.6) is 0 Å². The number of amides is 1. The maximum absolute atomic E-state index is 12.9. The van der Waals surface area contributed by atoms with E-state index >= 15 is 0 Å². The van der Waals surface area contributed by atoms with Crippen molar-refractivity contribution in [3.63, 3.8) is 0 Å². The lowest BCUT2D eigenvalue weighted by molar-refractivity contribution is 0.0366. The van der Waals surface area contributed by atoms with Gasteiger partial charge in [0.15, 0.2) is 5.65 Å². The molecule has 3 N–H and O–H groups in total. The van der Waals surface area contributed by atoms with E-state index < -0.39 is 0 Å². The molecule has 2 aromatic heterocycles. The second-order valence-corrected chi connectivity index (χ2v) is 7.85. The van der Waals surface area contributed by atoms with Crippen LogP contribution in [-0.2, 0) is 11.3 Å². The van der Waals surface area contributed by atoms with Crippen molar-refractivity contribution >= 4 is 33.9 Å². The minimum Gasteiger partial charge on any atom is -0.384 e. The third kappa shape index (κ3) is 4.04. The fraction of sp³-hybridized carbons (Fsp3) is 0.476. The van der Waals surface area contributed by atoms with Gasteiger partial charge in [-0.15, -0.1) is 0 Å². The Morgan fingerprint density at radius 1 is 1.17 bits per heavy atom.